The van der Waals surface area contributed by atoms with Gasteiger partial charge in [-0.05, 0) is 103 Å². The minimum Gasteiger partial charge on any atom is -0.310 e. The number of nitrogens with zero attached hydrogens (tertiary/aromatic N) is 1. The van der Waals surface area contributed by atoms with Gasteiger partial charge >= 0.3 is 0 Å². The largest absolute Gasteiger partial charge is 0.310 e. The number of anilines is 3. The van der Waals surface area contributed by atoms with Gasteiger partial charge in [0.2, 0.25) is 0 Å². The second-order valence-electron chi connectivity index (χ2n) is 15.6. The Morgan fingerprint density at radius 2 is 0.983 bits per heavy atom. The van der Waals surface area contributed by atoms with E-state index in [4.69, 9.17) is 0 Å². The van der Waals surface area contributed by atoms with Crippen LogP contribution in [-0.2, 0) is 5.41 Å². The normalized spacial score (nSPS) is 13.6. The Hall–Kier alpha value is -6.65. The van der Waals surface area contributed by atoms with Crippen molar-refractivity contribution in [2.45, 2.75) is 15.2 Å². The van der Waals surface area contributed by atoms with Gasteiger partial charge in [0.25, 0.3) is 0 Å². The van der Waals surface area contributed by atoms with Crippen LogP contribution in [0.1, 0.15) is 22.3 Å². The fourth-order valence-corrected chi connectivity index (χ4v) is 12.7. The number of benzene rings is 10. The van der Waals surface area contributed by atoms with Crippen molar-refractivity contribution in [1.82, 2.24) is 0 Å². The van der Waals surface area contributed by atoms with E-state index in [1.807, 2.05) is 23.1 Å². The molecule has 13 rings (SSSR count). The zero-order valence-electron chi connectivity index (χ0n) is 31.3. The van der Waals surface area contributed by atoms with Crippen LogP contribution in [0.2, 0.25) is 0 Å². The smallest absolute Gasteiger partial charge is 0.0736 e. The molecule has 2 heterocycles. The minimum atomic E-state index is -0.529. The van der Waals surface area contributed by atoms with Crippen molar-refractivity contribution < 1.29 is 0 Å². The van der Waals surface area contributed by atoms with Gasteiger partial charge in [0, 0.05) is 46.7 Å². The molecule has 1 nitrogen and oxygen atoms in total. The summed E-state index contributed by atoms with van der Waals surface area (Å²) in [5, 5.41) is 10.3. The van der Waals surface area contributed by atoms with E-state index in [9.17, 15) is 0 Å². The number of fused-ring (bicyclic) bond motifs is 14. The van der Waals surface area contributed by atoms with Gasteiger partial charge in [-0.15, -0.1) is 11.3 Å². The van der Waals surface area contributed by atoms with Crippen LogP contribution in [0.25, 0.3) is 63.6 Å². The van der Waals surface area contributed by atoms with E-state index >= 15 is 0 Å². The standard InChI is InChI=1S/C55H33NS2/c1-3-17-39-34(12-1)14-11-23-49(39)56(38-28-31-42-44-29-26-35-13-2-4-18-40(35)54(44)58-52(42)33-38)37-27-30-41-43-19-9-15-36-16-10-22-47(53(36)43)55(48(41)32-37)45-20-5-7-24-50(45)57-51-25-8-6-21-46(51)55/h1-33H. The molecule has 3 heteroatoms. The van der Waals surface area contributed by atoms with Crippen molar-refractivity contribution in [2.24, 2.45) is 0 Å². The summed E-state index contributed by atoms with van der Waals surface area (Å²) in [4.78, 5) is 5.12. The lowest BCUT2D eigenvalue weighted by atomic mass is 9.59. The molecule has 0 fully saturated rings. The van der Waals surface area contributed by atoms with E-state index in [1.165, 1.54) is 95.7 Å². The Morgan fingerprint density at radius 1 is 0.379 bits per heavy atom. The third-order valence-electron chi connectivity index (χ3n) is 12.7. The van der Waals surface area contributed by atoms with Crippen molar-refractivity contribution >= 4 is 92.7 Å². The van der Waals surface area contributed by atoms with Gasteiger partial charge in [0.15, 0.2) is 0 Å². The van der Waals surface area contributed by atoms with Crippen LogP contribution in [0.15, 0.2) is 210 Å². The first-order valence-corrected chi connectivity index (χ1v) is 21.5. The van der Waals surface area contributed by atoms with Gasteiger partial charge in [0.1, 0.15) is 0 Å². The molecular weight excluding hydrogens is 739 g/mol. The molecule has 11 aromatic rings. The predicted molar refractivity (Wildman–Crippen MR) is 248 cm³/mol. The molecule has 270 valence electrons. The summed E-state index contributed by atoms with van der Waals surface area (Å²) in [6, 6.07) is 75.2. The lowest BCUT2D eigenvalue weighted by Crippen LogP contribution is -2.36. The summed E-state index contributed by atoms with van der Waals surface area (Å²) < 4.78 is 2.63. The molecule has 0 unspecified atom stereocenters. The van der Waals surface area contributed by atoms with Crippen molar-refractivity contribution in [3.63, 3.8) is 0 Å². The maximum Gasteiger partial charge on any atom is 0.0736 e. The maximum atomic E-state index is 2.53. The number of thiophene rings is 1. The second kappa shape index (κ2) is 12.2. The molecule has 1 aliphatic carbocycles. The Labute approximate surface area is 344 Å². The summed E-state index contributed by atoms with van der Waals surface area (Å²) >= 11 is 3.80. The Morgan fingerprint density at radius 3 is 1.81 bits per heavy atom. The van der Waals surface area contributed by atoms with Gasteiger partial charge in [0.05, 0.1) is 11.1 Å². The highest BCUT2D eigenvalue weighted by molar-refractivity contribution is 7.99. The van der Waals surface area contributed by atoms with E-state index in [1.54, 1.807) is 0 Å². The van der Waals surface area contributed by atoms with E-state index in [2.05, 4.69) is 205 Å². The minimum absolute atomic E-state index is 0.529. The van der Waals surface area contributed by atoms with Crippen LogP contribution < -0.4 is 4.90 Å². The van der Waals surface area contributed by atoms with Crippen LogP contribution in [0.3, 0.4) is 0 Å². The van der Waals surface area contributed by atoms with Gasteiger partial charge < -0.3 is 4.90 Å². The average Bonchev–Trinajstić information content (AvgIpc) is 3.66. The van der Waals surface area contributed by atoms with Crippen LogP contribution in [-0.4, -0.2) is 0 Å². The van der Waals surface area contributed by atoms with E-state index in [0.29, 0.717) is 0 Å². The first-order chi connectivity index (χ1) is 28.8. The molecule has 1 aliphatic heterocycles. The molecule has 0 N–H and O–H groups in total. The molecule has 0 saturated carbocycles. The summed E-state index contributed by atoms with van der Waals surface area (Å²) in [5.74, 6) is 0. The van der Waals surface area contributed by atoms with Crippen LogP contribution >= 0.6 is 23.1 Å². The van der Waals surface area contributed by atoms with Gasteiger partial charge in [-0.3, -0.25) is 0 Å². The lowest BCUT2D eigenvalue weighted by molar-refractivity contribution is 0.707. The second-order valence-corrected chi connectivity index (χ2v) is 17.7. The Kier molecular flexibility index (Phi) is 6.81. The zero-order valence-corrected chi connectivity index (χ0v) is 32.9. The average molecular weight is 772 g/mol. The summed E-state index contributed by atoms with van der Waals surface area (Å²) in [7, 11) is 0. The highest BCUT2D eigenvalue weighted by atomic mass is 32.2. The van der Waals surface area contributed by atoms with Crippen molar-refractivity contribution in [3.05, 3.63) is 222 Å². The fraction of sp³-hybridized carbons (Fsp3) is 0.0182. The quantitative estimate of drug-likeness (QED) is 0.176. The van der Waals surface area contributed by atoms with Crippen molar-refractivity contribution in [1.29, 1.82) is 0 Å². The molecule has 0 radical (unpaired) electrons. The molecular formula is C55H33NS2. The Bertz CT molecular complexity index is 3460. The van der Waals surface area contributed by atoms with Crippen LogP contribution in [0, 0.1) is 0 Å². The Balaban J connectivity index is 1.13. The lowest BCUT2D eigenvalue weighted by Gasteiger charge is -2.46. The number of hydrogen-bond acceptors (Lipinski definition) is 3. The molecule has 58 heavy (non-hydrogen) atoms. The first kappa shape index (κ1) is 32.4. The summed E-state index contributed by atoms with van der Waals surface area (Å²) in [6.07, 6.45) is 0. The van der Waals surface area contributed by atoms with Crippen molar-refractivity contribution in [3.8, 4) is 11.1 Å². The van der Waals surface area contributed by atoms with Gasteiger partial charge in [-0.1, -0.05) is 169 Å². The molecule has 2 aliphatic rings. The molecule has 0 bridgehead atoms. The topological polar surface area (TPSA) is 3.24 Å². The monoisotopic (exact) mass is 771 g/mol. The van der Waals surface area contributed by atoms with Crippen LogP contribution in [0.5, 0.6) is 0 Å². The number of hydrogen-bond donors (Lipinski definition) is 0. The molecule has 10 aromatic carbocycles. The number of rotatable bonds is 3. The summed E-state index contributed by atoms with van der Waals surface area (Å²) in [6.45, 7) is 0. The predicted octanol–water partition coefficient (Wildman–Crippen LogP) is 15.8. The highest BCUT2D eigenvalue weighted by Gasteiger charge is 2.48. The van der Waals surface area contributed by atoms with Gasteiger partial charge in [-0.25, -0.2) is 0 Å². The SMILES string of the molecule is c1ccc2c(c1)Sc1ccccc1C21c2cc(N(c3ccc4c(c3)sc3c5ccccc5ccc43)c3cccc4ccccc34)ccc2-c2cccc3cccc1c23. The third kappa shape index (κ3) is 4.38. The molecule has 0 atom stereocenters. The first-order valence-electron chi connectivity index (χ1n) is 19.9. The van der Waals surface area contributed by atoms with Crippen molar-refractivity contribution in [2.75, 3.05) is 4.90 Å². The van der Waals surface area contributed by atoms with Crippen LogP contribution in [0.4, 0.5) is 17.1 Å². The molecule has 0 amide bonds. The molecule has 1 aromatic heterocycles. The van der Waals surface area contributed by atoms with E-state index < -0.39 is 5.41 Å². The van der Waals surface area contributed by atoms with Gasteiger partial charge in [-0.2, -0.15) is 0 Å². The molecule has 0 saturated heterocycles. The third-order valence-corrected chi connectivity index (χ3v) is 15.0. The van der Waals surface area contributed by atoms with E-state index in [-0.39, 0.29) is 0 Å². The highest BCUT2D eigenvalue weighted by Crippen LogP contribution is 2.62. The maximum absolute atomic E-state index is 2.53. The zero-order chi connectivity index (χ0) is 38.0. The fourth-order valence-electron chi connectivity index (χ4n) is 10.3. The molecule has 1 spiro atoms. The van der Waals surface area contributed by atoms with E-state index in [0.717, 1.165) is 17.1 Å². The summed E-state index contributed by atoms with van der Waals surface area (Å²) in [5.41, 5.74) is 10.8.